The molecule has 0 saturated heterocycles. The fraction of sp³-hybridized carbons (Fsp3) is 0.167. The average molecular weight is 311 g/mol. The fourth-order valence-corrected chi connectivity index (χ4v) is 2.32. The molecule has 0 spiro atoms. The molecule has 0 aliphatic rings. The monoisotopic (exact) mass is 310 g/mol. The van der Waals surface area contributed by atoms with E-state index in [1.54, 1.807) is 18.2 Å². The fourth-order valence-electron chi connectivity index (χ4n) is 1.48. The van der Waals surface area contributed by atoms with Crippen LogP contribution in [0.2, 0.25) is 5.02 Å². The third kappa shape index (κ3) is 3.31. The first-order valence-corrected chi connectivity index (χ1v) is 6.94. The molecule has 104 valence electrons. The highest BCUT2D eigenvalue weighted by Crippen LogP contribution is 2.11. The topological polar surface area (TPSA) is 84.0 Å². The predicted molar refractivity (Wildman–Crippen MR) is 75.7 cm³/mol. The number of hydrogen-bond acceptors (Lipinski definition) is 5. The molecule has 8 heteroatoms. The number of carbonyl (C=O) groups is 2. The summed E-state index contributed by atoms with van der Waals surface area (Å²) in [5, 5.41) is 4.28. The van der Waals surface area contributed by atoms with Gasteiger partial charge in [-0.05, 0) is 36.2 Å². The van der Waals surface area contributed by atoms with Crippen LogP contribution in [0.1, 0.15) is 32.6 Å². The van der Waals surface area contributed by atoms with E-state index < -0.39 is 11.8 Å². The van der Waals surface area contributed by atoms with Crippen molar-refractivity contribution in [3.05, 3.63) is 45.4 Å². The number of hydrazine groups is 1. The summed E-state index contributed by atoms with van der Waals surface area (Å²) in [5.41, 5.74) is 5.60. The van der Waals surface area contributed by atoms with Crippen LogP contribution in [-0.4, -0.2) is 21.4 Å². The van der Waals surface area contributed by atoms with Crippen molar-refractivity contribution in [1.29, 1.82) is 0 Å². The molecule has 1 aromatic heterocycles. The minimum Gasteiger partial charge on any atom is -0.267 e. The molecule has 20 heavy (non-hydrogen) atoms. The summed E-state index contributed by atoms with van der Waals surface area (Å²) in [5.74, 6) is -0.886. The van der Waals surface area contributed by atoms with E-state index in [0.717, 1.165) is 11.5 Å². The maximum Gasteiger partial charge on any atom is 0.283 e. The summed E-state index contributed by atoms with van der Waals surface area (Å²) in [7, 11) is 0. The molecule has 6 nitrogen and oxygen atoms in total. The highest BCUT2D eigenvalue weighted by Gasteiger charge is 2.15. The van der Waals surface area contributed by atoms with E-state index in [9.17, 15) is 9.59 Å². The van der Waals surface area contributed by atoms with Crippen LogP contribution in [0.25, 0.3) is 0 Å². The summed E-state index contributed by atoms with van der Waals surface area (Å²) < 4.78 is 3.71. The Morgan fingerprint density at radius 1 is 1.30 bits per heavy atom. The lowest BCUT2D eigenvalue weighted by Crippen LogP contribution is -2.41. The van der Waals surface area contributed by atoms with Gasteiger partial charge in [0, 0.05) is 10.6 Å². The lowest BCUT2D eigenvalue weighted by molar-refractivity contribution is 0.0848. The van der Waals surface area contributed by atoms with Gasteiger partial charge >= 0.3 is 0 Å². The second kappa shape index (κ2) is 6.44. The predicted octanol–water partition coefficient (Wildman–Crippen LogP) is 1.83. The van der Waals surface area contributed by atoms with Crippen LogP contribution >= 0.6 is 23.1 Å². The van der Waals surface area contributed by atoms with Crippen LogP contribution in [0, 0.1) is 0 Å². The molecule has 0 radical (unpaired) electrons. The van der Waals surface area contributed by atoms with Crippen LogP contribution in [0.15, 0.2) is 24.3 Å². The number of nitrogens with zero attached hydrogens (tertiary/aromatic N) is 2. The van der Waals surface area contributed by atoms with Crippen molar-refractivity contribution in [3.8, 4) is 0 Å². The van der Waals surface area contributed by atoms with E-state index in [1.807, 2.05) is 6.92 Å². The maximum atomic E-state index is 11.9. The van der Waals surface area contributed by atoms with Crippen molar-refractivity contribution >= 4 is 34.9 Å². The van der Waals surface area contributed by atoms with Crippen LogP contribution in [0.5, 0.6) is 0 Å². The Kier molecular flexibility index (Phi) is 4.65. The zero-order chi connectivity index (χ0) is 14.5. The van der Waals surface area contributed by atoms with Crippen molar-refractivity contribution < 1.29 is 9.59 Å². The summed E-state index contributed by atoms with van der Waals surface area (Å²) in [6.45, 7) is 1.87. The lowest BCUT2D eigenvalue weighted by Gasteiger charge is -2.06. The number of amides is 2. The van der Waals surface area contributed by atoms with Crippen LogP contribution in [0.3, 0.4) is 0 Å². The lowest BCUT2D eigenvalue weighted by atomic mass is 10.2. The molecule has 1 aromatic carbocycles. The molecule has 2 amide bonds. The third-order valence-electron chi connectivity index (χ3n) is 2.47. The number of aromatic nitrogens is 2. The third-order valence-corrected chi connectivity index (χ3v) is 3.48. The summed E-state index contributed by atoms with van der Waals surface area (Å²) in [6.07, 6.45) is 0.599. The van der Waals surface area contributed by atoms with Gasteiger partial charge in [-0.1, -0.05) is 29.1 Å². The number of aryl methyl sites for hydroxylation is 1. The maximum absolute atomic E-state index is 11.9. The van der Waals surface area contributed by atoms with Gasteiger partial charge in [-0.25, -0.2) is 0 Å². The zero-order valence-electron chi connectivity index (χ0n) is 10.5. The number of halogens is 1. The van der Waals surface area contributed by atoms with Gasteiger partial charge < -0.3 is 0 Å². The highest BCUT2D eigenvalue weighted by molar-refractivity contribution is 7.08. The van der Waals surface area contributed by atoms with Crippen molar-refractivity contribution in [3.63, 3.8) is 0 Å². The van der Waals surface area contributed by atoms with Crippen LogP contribution < -0.4 is 10.9 Å². The molecule has 0 unspecified atom stereocenters. The van der Waals surface area contributed by atoms with E-state index in [2.05, 4.69) is 20.4 Å². The Bertz CT molecular complexity index is 644. The van der Waals surface area contributed by atoms with Gasteiger partial charge in [0.2, 0.25) is 0 Å². The first-order chi connectivity index (χ1) is 9.61. The molecule has 0 fully saturated rings. The van der Waals surface area contributed by atoms with Gasteiger partial charge in [0.15, 0.2) is 0 Å². The van der Waals surface area contributed by atoms with E-state index in [0.29, 0.717) is 27.6 Å². The van der Waals surface area contributed by atoms with Crippen LogP contribution in [0.4, 0.5) is 0 Å². The Morgan fingerprint density at radius 2 is 2.05 bits per heavy atom. The average Bonchev–Trinajstić information content (AvgIpc) is 2.92. The molecular weight excluding hydrogens is 300 g/mol. The van der Waals surface area contributed by atoms with Gasteiger partial charge in [-0.2, -0.15) is 0 Å². The zero-order valence-corrected chi connectivity index (χ0v) is 12.1. The van der Waals surface area contributed by atoms with Crippen molar-refractivity contribution in [1.82, 2.24) is 20.4 Å². The standard InChI is InChI=1S/C12H11ClN4O2S/c1-2-9-10(20-17-14-9)12(19)16-15-11(18)7-4-3-5-8(13)6-7/h3-6H,2H2,1H3,(H,15,18)(H,16,19). The first-order valence-electron chi connectivity index (χ1n) is 5.79. The van der Waals surface area contributed by atoms with Gasteiger partial charge in [0.05, 0.1) is 5.69 Å². The molecule has 0 atom stereocenters. The minimum absolute atomic E-state index is 0.357. The Morgan fingerprint density at radius 3 is 2.75 bits per heavy atom. The SMILES string of the molecule is CCc1nnsc1C(=O)NNC(=O)c1cccc(Cl)c1. The van der Waals surface area contributed by atoms with E-state index in [4.69, 9.17) is 11.6 Å². The minimum atomic E-state index is -0.448. The van der Waals surface area contributed by atoms with Crippen molar-refractivity contribution in [2.24, 2.45) is 0 Å². The van der Waals surface area contributed by atoms with Gasteiger partial charge in [-0.15, -0.1) is 5.10 Å². The largest absolute Gasteiger partial charge is 0.283 e. The molecule has 2 aromatic rings. The normalized spacial score (nSPS) is 10.1. The smallest absolute Gasteiger partial charge is 0.267 e. The van der Waals surface area contributed by atoms with Gasteiger partial charge in [0.1, 0.15) is 4.88 Å². The van der Waals surface area contributed by atoms with E-state index in [1.165, 1.54) is 6.07 Å². The summed E-state index contributed by atoms with van der Waals surface area (Å²) in [6, 6.07) is 6.42. The number of nitrogens with one attached hydrogen (secondary N) is 2. The molecular formula is C12H11ClN4O2S. The van der Waals surface area contributed by atoms with E-state index >= 15 is 0 Å². The van der Waals surface area contributed by atoms with Gasteiger partial charge in [0.25, 0.3) is 11.8 Å². The Hall–Kier alpha value is -1.99. The molecule has 0 saturated carbocycles. The highest BCUT2D eigenvalue weighted by atomic mass is 35.5. The molecule has 2 N–H and O–H groups in total. The number of rotatable bonds is 3. The summed E-state index contributed by atoms with van der Waals surface area (Å²) in [4.78, 5) is 24.1. The van der Waals surface area contributed by atoms with Gasteiger partial charge in [-0.3, -0.25) is 20.4 Å². The number of carbonyl (C=O) groups excluding carboxylic acids is 2. The summed E-state index contributed by atoms with van der Waals surface area (Å²) >= 11 is 6.78. The van der Waals surface area contributed by atoms with E-state index in [-0.39, 0.29) is 0 Å². The van der Waals surface area contributed by atoms with Crippen molar-refractivity contribution in [2.75, 3.05) is 0 Å². The van der Waals surface area contributed by atoms with Crippen LogP contribution in [-0.2, 0) is 6.42 Å². The molecule has 2 rings (SSSR count). The second-order valence-corrected chi connectivity index (χ2v) is 5.01. The Labute approximate surface area is 124 Å². The number of hydrogen-bond donors (Lipinski definition) is 2. The molecule has 0 bridgehead atoms. The molecule has 0 aliphatic carbocycles. The Balaban J connectivity index is 1.98. The number of benzene rings is 1. The second-order valence-electron chi connectivity index (χ2n) is 3.82. The quantitative estimate of drug-likeness (QED) is 0.847. The molecule has 0 aliphatic heterocycles. The first kappa shape index (κ1) is 14.4. The molecule has 1 heterocycles. The van der Waals surface area contributed by atoms with Crippen molar-refractivity contribution in [2.45, 2.75) is 13.3 Å².